The van der Waals surface area contributed by atoms with Gasteiger partial charge in [-0.1, -0.05) is 50.1 Å². The molecule has 0 saturated carbocycles. The third-order valence-electron chi connectivity index (χ3n) is 10.9. The van der Waals surface area contributed by atoms with Crippen LogP contribution in [-0.4, -0.2) is 133 Å². The molecule has 67 heavy (non-hydrogen) atoms. The highest BCUT2D eigenvalue weighted by Gasteiger charge is 2.29. The smallest absolute Gasteiger partial charge is 0.324 e. The van der Waals surface area contributed by atoms with Crippen LogP contribution in [0.4, 0.5) is 47.3 Å². The van der Waals surface area contributed by atoms with Crippen molar-refractivity contribution in [1.29, 1.82) is 0 Å². The first kappa shape index (κ1) is 50.6. The fourth-order valence-electron chi connectivity index (χ4n) is 6.90. The molecule has 14 nitrogen and oxygen atoms in total. The molecule has 2 aliphatic rings. The van der Waals surface area contributed by atoms with Gasteiger partial charge < -0.3 is 29.3 Å². The van der Waals surface area contributed by atoms with Crippen LogP contribution in [0.15, 0.2) is 98.3 Å². The topological polar surface area (TPSA) is 139 Å². The molecule has 0 bridgehead atoms. The normalized spacial score (nSPS) is 14.4. The number of nitrogens with one attached hydrogen (secondary N) is 1. The summed E-state index contributed by atoms with van der Waals surface area (Å²) in [5.41, 5.74) is 1.76. The fourth-order valence-corrected chi connectivity index (χ4v) is 7.43. The number of Topliss-reactive ketones (excluding diaryl/α,β-unsaturated/α-hetero) is 1. The Bertz CT molecular complexity index is 2510. The van der Waals surface area contributed by atoms with E-state index in [4.69, 9.17) is 4.42 Å². The van der Waals surface area contributed by atoms with E-state index in [1.807, 2.05) is 26.2 Å². The lowest BCUT2D eigenvalue weighted by atomic mass is 10.1. The second-order valence-corrected chi connectivity index (χ2v) is 17.4. The van der Waals surface area contributed by atoms with Crippen molar-refractivity contribution in [1.82, 2.24) is 35.1 Å². The highest BCUT2D eigenvalue weighted by Crippen LogP contribution is 2.28. The zero-order valence-corrected chi connectivity index (χ0v) is 39.3. The van der Waals surface area contributed by atoms with Crippen molar-refractivity contribution in [2.75, 3.05) is 82.8 Å². The van der Waals surface area contributed by atoms with Gasteiger partial charge in [0.1, 0.15) is 11.6 Å². The maximum atomic E-state index is 15.0. The summed E-state index contributed by atoms with van der Waals surface area (Å²) in [6, 6.07) is 21.6. The number of nitrogens with zero attached hydrogens (tertiary/aromatic N) is 8. The monoisotopic (exact) mass is 1060 g/mol. The van der Waals surface area contributed by atoms with E-state index in [0.29, 0.717) is 37.6 Å². The van der Waals surface area contributed by atoms with Crippen molar-refractivity contribution in [2.45, 2.75) is 25.9 Å². The molecule has 5 amide bonds. The second kappa shape index (κ2) is 23.3. The van der Waals surface area contributed by atoms with Gasteiger partial charge in [-0.25, -0.2) is 18.4 Å². The molecule has 7 rings (SSSR count). The van der Waals surface area contributed by atoms with Crippen molar-refractivity contribution in [3.8, 4) is 11.5 Å². The molecule has 3 heterocycles. The van der Waals surface area contributed by atoms with Gasteiger partial charge in [-0.3, -0.25) is 19.4 Å². The number of carbonyl (C=O) groups is 4. The Labute approximate surface area is 398 Å². The standard InChI is InChI=1S/C23H24BrF3N4O3.C22H21BrF3N5O2/c1-29-8-10-30(11-9-29)23(34)31(18-6-4-17(24)5-7-18)14-16-3-2-15(12-19(16)25)20(32)13-28-22(33)21(26)27;1-29-8-10-30(11-9-29)22(32)31(17-6-4-16(23)5-7-17)13-15-3-2-14(12-18(15)24)20-27-28-21(33-20)19(25)26/h2-7,12,21H,8-11,13-14H2,1H3,(H,28,33);2-7,12,19H,8-11,13H2,1H3. The zero-order valence-electron chi connectivity index (χ0n) is 36.2. The number of carbonyl (C=O) groups excluding carboxylic acids is 4. The van der Waals surface area contributed by atoms with Gasteiger partial charge in [0, 0.05) is 94.9 Å². The molecular formula is C45H45Br2F6N9O5. The van der Waals surface area contributed by atoms with Gasteiger partial charge in [0.05, 0.1) is 19.6 Å². The molecule has 2 aliphatic heterocycles. The minimum absolute atomic E-state index is 0.00889. The lowest BCUT2D eigenvalue weighted by Crippen LogP contribution is -2.52. The van der Waals surface area contributed by atoms with E-state index in [0.717, 1.165) is 47.3 Å². The van der Waals surface area contributed by atoms with Crippen molar-refractivity contribution in [3.05, 3.63) is 128 Å². The summed E-state index contributed by atoms with van der Waals surface area (Å²) in [4.78, 5) is 60.5. The van der Waals surface area contributed by atoms with Gasteiger partial charge in [-0.2, -0.15) is 17.6 Å². The summed E-state index contributed by atoms with van der Waals surface area (Å²) in [7, 11) is 3.98. The van der Waals surface area contributed by atoms with Crippen LogP contribution in [0.1, 0.15) is 33.8 Å². The van der Waals surface area contributed by atoms with E-state index in [2.05, 4.69) is 51.9 Å². The maximum absolute atomic E-state index is 15.0. The van der Waals surface area contributed by atoms with Gasteiger partial charge in [0.25, 0.3) is 11.8 Å². The Kier molecular flexibility index (Phi) is 17.5. The van der Waals surface area contributed by atoms with Gasteiger partial charge in [0.15, 0.2) is 5.78 Å². The Morgan fingerprint density at radius 3 is 1.54 bits per heavy atom. The van der Waals surface area contributed by atoms with Crippen molar-refractivity contribution in [3.63, 3.8) is 0 Å². The number of hydrogen-bond acceptors (Lipinski definition) is 9. The first-order chi connectivity index (χ1) is 32.0. The van der Waals surface area contributed by atoms with E-state index in [-0.39, 0.29) is 53.3 Å². The van der Waals surface area contributed by atoms with Crippen LogP contribution in [0.3, 0.4) is 0 Å². The molecule has 0 radical (unpaired) electrons. The number of aromatic nitrogens is 2. The van der Waals surface area contributed by atoms with E-state index < -0.39 is 48.6 Å². The van der Waals surface area contributed by atoms with Crippen molar-refractivity contribution in [2.24, 2.45) is 0 Å². The Morgan fingerprint density at radius 1 is 0.657 bits per heavy atom. The van der Waals surface area contributed by atoms with Crippen LogP contribution < -0.4 is 15.1 Å². The quantitative estimate of drug-likeness (QED) is 0.0964. The number of halogens is 8. The molecule has 2 fully saturated rings. The van der Waals surface area contributed by atoms with Gasteiger partial charge >= 0.3 is 24.9 Å². The number of alkyl halides is 4. The van der Waals surface area contributed by atoms with Gasteiger partial charge in [-0.05, 0) is 80.8 Å². The number of benzene rings is 4. The predicted molar refractivity (Wildman–Crippen MR) is 244 cm³/mol. The SMILES string of the molecule is CN1CCN(C(=O)N(Cc2ccc(-c3nnc(C(F)F)o3)cc2F)c2ccc(Br)cc2)CC1.CN1CCN(C(=O)N(Cc2ccc(C(=O)CNC(=O)C(F)F)cc2F)c2ccc(Br)cc2)CC1. The number of amides is 5. The summed E-state index contributed by atoms with van der Waals surface area (Å²) in [6.45, 7) is 4.46. The summed E-state index contributed by atoms with van der Waals surface area (Å²) in [5.74, 6) is -4.64. The Morgan fingerprint density at radius 2 is 1.12 bits per heavy atom. The molecule has 1 aromatic heterocycles. The van der Waals surface area contributed by atoms with Crippen molar-refractivity contribution >= 4 is 67.0 Å². The van der Waals surface area contributed by atoms with Crippen LogP contribution in [0.5, 0.6) is 0 Å². The summed E-state index contributed by atoms with van der Waals surface area (Å²) >= 11 is 6.75. The number of rotatable bonds is 12. The summed E-state index contributed by atoms with van der Waals surface area (Å²) in [6.07, 6.45) is -6.15. The molecule has 1 N–H and O–H groups in total. The fraction of sp³-hybridized carbons (Fsp3) is 0.333. The molecule has 0 aliphatic carbocycles. The van der Waals surface area contributed by atoms with Crippen LogP contribution >= 0.6 is 31.9 Å². The molecule has 4 aromatic carbocycles. The minimum Gasteiger partial charge on any atom is -0.415 e. The van der Waals surface area contributed by atoms with Crippen LogP contribution in [-0.2, 0) is 17.9 Å². The average Bonchev–Trinajstić information content (AvgIpc) is 3.82. The molecule has 5 aromatic rings. The average molecular weight is 1070 g/mol. The van der Waals surface area contributed by atoms with E-state index in [1.54, 1.807) is 51.5 Å². The number of piperazine rings is 2. The van der Waals surface area contributed by atoms with Crippen molar-refractivity contribution < 1.29 is 49.9 Å². The number of anilines is 2. The highest BCUT2D eigenvalue weighted by molar-refractivity contribution is 9.10. The summed E-state index contributed by atoms with van der Waals surface area (Å²) < 4.78 is 86.4. The molecule has 0 atom stereocenters. The Hall–Kier alpha value is -5.84. The molecule has 356 valence electrons. The maximum Gasteiger partial charge on any atom is 0.324 e. The number of hydrogen-bond donors (Lipinski definition) is 1. The van der Waals surface area contributed by atoms with Crippen LogP contribution in [0.2, 0.25) is 0 Å². The molecule has 2 saturated heterocycles. The van der Waals surface area contributed by atoms with Gasteiger partial charge in [0.2, 0.25) is 5.89 Å². The minimum atomic E-state index is -3.24. The Balaban J connectivity index is 0.000000221. The van der Waals surface area contributed by atoms with E-state index >= 15 is 0 Å². The summed E-state index contributed by atoms with van der Waals surface area (Å²) in [5, 5.41) is 8.61. The third-order valence-corrected chi connectivity index (χ3v) is 11.9. The van der Waals surface area contributed by atoms with E-state index in [9.17, 15) is 45.5 Å². The molecule has 22 heteroatoms. The first-order valence-corrected chi connectivity index (χ1v) is 22.3. The first-order valence-electron chi connectivity index (χ1n) is 20.8. The highest BCUT2D eigenvalue weighted by atomic mass is 79.9. The number of ketones is 1. The van der Waals surface area contributed by atoms with Crippen LogP contribution in [0.25, 0.3) is 11.5 Å². The lowest BCUT2D eigenvalue weighted by Gasteiger charge is -2.36. The zero-order chi connectivity index (χ0) is 48.4. The molecular weight excluding hydrogens is 1020 g/mol. The van der Waals surface area contributed by atoms with Gasteiger partial charge in [-0.15, -0.1) is 10.2 Å². The van der Waals surface area contributed by atoms with E-state index in [1.165, 1.54) is 34.1 Å². The number of urea groups is 2. The second-order valence-electron chi connectivity index (χ2n) is 15.6. The predicted octanol–water partition coefficient (Wildman–Crippen LogP) is 8.48. The number of likely N-dealkylation sites (N-methyl/N-ethyl adjacent to an activating group) is 2. The van der Waals surface area contributed by atoms with Crippen LogP contribution in [0, 0.1) is 11.6 Å². The lowest BCUT2D eigenvalue weighted by molar-refractivity contribution is -0.131. The third kappa shape index (κ3) is 13.6. The molecule has 0 unspecified atom stereocenters. The molecule has 0 spiro atoms. The largest absolute Gasteiger partial charge is 0.415 e.